The maximum Gasteiger partial charge on any atom is 0.337 e. The fraction of sp³-hybridized carbons (Fsp3) is 0.286. The Morgan fingerprint density at radius 1 is 1.00 bits per heavy atom. The molecule has 154 valence electrons. The minimum absolute atomic E-state index is 0.00283. The van der Waals surface area contributed by atoms with Crippen LogP contribution in [0.1, 0.15) is 39.6 Å². The summed E-state index contributed by atoms with van der Waals surface area (Å²) in [5.74, 6) is -2.12. The number of carboxylic acid groups (broad SMARTS) is 2. The van der Waals surface area contributed by atoms with Gasteiger partial charge < -0.3 is 25.7 Å². The number of amides is 2. The minimum Gasteiger partial charge on any atom is -0.478 e. The van der Waals surface area contributed by atoms with E-state index in [2.05, 4.69) is 10.6 Å². The van der Waals surface area contributed by atoms with E-state index < -0.39 is 18.0 Å². The van der Waals surface area contributed by atoms with Crippen molar-refractivity contribution in [3.05, 3.63) is 59.2 Å². The van der Waals surface area contributed by atoms with Crippen LogP contribution >= 0.6 is 0 Å². The fourth-order valence-electron chi connectivity index (χ4n) is 2.81. The molecular formula is C21H25N3O5. The van der Waals surface area contributed by atoms with Gasteiger partial charge in [0.15, 0.2) is 0 Å². The molecule has 0 saturated heterocycles. The first-order chi connectivity index (χ1) is 13.7. The molecule has 8 nitrogen and oxygen atoms in total. The van der Waals surface area contributed by atoms with Gasteiger partial charge in [-0.25, -0.2) is 14.4 Å². The van der Waals surface area contributed by atoms with Crippen LogP contribution in [0.25, 0.3) is 0 Å². The topological polar surface area (TPSA) is 119 Å². The molecule has 2 amide bonds. The highest BCUT2D eigenvalue weighted by Gasteiger charge is 2.16. The zero-order chi connectivity index (χ0) is 21.6. The molecule has 1 unspecified atom stereocenters. The lowest BCUT2D eigenvalue weighted by Gasteiger charge is -2.19. The van der Waals surface area contributed by atoms with Crippen molar-refractivity contribution in [1.29, 1.82) is 0 Å². The summed E-state index contributed by atoms with van der Waals surface area (Å²) in [5, 5.41) is 23.8. The smallest absolute Gasteiger partial charge is 0.337 e. The molecule has 0 aromatic heterocycles. The molecule has 2 aromatic rings. The van der Waals surface area contributed by atoms with Gasteiger partial charge >= 0.3 is 18.0 Å². The molecule has 8 heteroatoms. The summed E-state index contributed by atoms with van der Waals surface area (Å²) in [6.07, 6.45) is 1.17. The van der Waals surface area contributed by atoms with E-state index in [-0.39, 0.29) is 22.9 Å². The molecule has 4 N–H and O–H groups in total. The SMILES string of the molecule is CCC(Cc1ccc(C(=O)O)cc1)NC(=O)Nc1cc(N(C)C)ccc1C(=O)O. The normalized spacial score (nSPS) is 11.4. The number of urea groups is 1. The van der Waals surface area contributed by atoms with E-state index in [1.54, 1.807) is 24.3 Å². The van der Waals surface area contributed by atoms with Crippen LogP contribution in [0.15, 0.2) is 42.5 Å². The van der Waals surface area contributed by atoms with Gasteiger partial charge in [-0.2, -0.15) is 0 Å². The number of nitrogens with zero attached hydrogens (tertiary/aromatic N) is 1. The standard InChI is InChI=1S/C21H25N3O5/c1-4-15(11-13-5-7-14(8-6-13)19(25)26)22-21(29)23-18-12-16(24(2)3)9-10-17(18)20(27)28/h5-10,12,15H,4,11H2,1-3H3,(H,25,26)(H,27,28)(H2,22,23,29). The first-order valence-corrected chi connectivity index (χ1v) is 9.15. The highest BCUT2D eigenvalue weighted by molar-refractivity contribution is 6.01. The summed E-state index contributed by atoms with van der Waals surface area (Å²) in [7, 11) is 3.64. The molecule has 29 heavy (non-hydrogen) atoms. The number of hydrogen-bond donors (Lipinski definition) is 4. The first-order valence-electron chi connectivity index (χ1n) is 9.15. The maximum atomic E-state index is 12.5. The second kappa shape index (κ2) is 9.59. The zero-order valence-electron chi connectivity index (χ0n) is 16.6. The summed E-state index contributed by atoms with van der Waals surface area (Å²) in [6, 6.07) is 10.5. The minimum atomic E-state index is -1.13. The van der Waals surface area contributed by atoms with Crippen molar-refractivity contribution in [3.63, 3.8) is 0 Å². The molecule has 0 radical (unpaired) electrons. The van der Waals surface area contributed by atoms with Crippen LogP contribution < -0.4 is 15.5 Å². The molecule has 2 rings (SSSR count). The molecule has 0 fully saturated rings. The summed E-state index contributed by atoms with van der Waals surface area (Å²) < 4.78 is 0. The van der Waals surface area contributed by atoms with Crippen LogP contribution in [0.2, 0.25) is 0 Å². The van der Waals surface area contributed by atoms with Crippen molar-refractivity contribution in [3.8, 4) is 0 Å². The van der Waals surface area contributed by atoms with Crippen molar-refractivity contribution in [2.24, 2.45) is 0 Å². The Balaban J connectivity index is 2.09. The van der Waals surface area contributed by atoms with E-state index in [9.17, 15) is 19.5 Å². The average Bonchev–Trinajstić information content (AvgIpc) is 2.67. The van der Waals surface area contributed by atoms with Gasteiger partial charge in [0.2, 0.25) is 0 Å². The lowest BCUT2D eigenvalue weighted by atomic mass is 10.0. The Bertz CT molecular complexity index is 894. The number of carboxylic acids is 2. The van der Waals surface area contributed by atoms with Crippen LogP contribution in [0.4, 0.5) is 16.2 Å². The van der Waals surface area contributed by atoms with Crippen molar-refractivity contribution < 1.29 is 24.6 Å². The van der Waals surface area contributed by atoms with Crippen LogP contribution in [-0.2, 0) is 6.42 Å². The molecule has 0 bridgehead atoms. The van der Waals surface area contributed by atoms with Crippen molar-refractivity contribution >= 4 is 29.3 Å². The second-order valence-electron chi connectivity index (χ2n) is 6.84. The van der Waals surface area contributed by atoms with Crippen LogP contribution in [0, 0.1) is 0 Å². The van der Waals surface area contributed by atoms with E-state index in [1.165, 1.54) is 18.2 Å². The summed E-state index contributed by atoms with van der Waals surface area (Å²) in [5.41, 5.74) is 2.07. The molecule has 0 heterocycles. The van der Waals surface area contributed by atoms with Crippen LogP contribution in [-0.4, -0.2) is 48.3 Å². The zero-order valence-corrected chi connectivity index (χ0v) is 16.6. The Kier molecular flexibility index (Phi) is 7.19. The van der Waals surface area contributed by atoms with Gasteiger partial charge in [0.1, 0.15) is 0 Å². The average molecular weight is 399 g/mol. The van der Waals surface area contributed by atoms with Crippen molar-refractivity contribution in [2.45, 2.75) is 25.8 Å². The molecule has 1 atom stereocenters. The first kappa shape index (κ1) is 21.7. The van der Waals surface area contributed by atoms with Gasteiger partial charge in [-0.15, -0.1) is 0 Å². The predicted molar refractivity (Wildman–Crippen MR) is 111 cm³/mol. The third-order valence-electron chi connectivity index (χ3n) is 4.51. The number of anilines is 2. The third-order valence-corrected chi connectivity index (χ3v) is 4.51. The molecule has 0 aliphatic heterocycles. The number of nitrogens with one attached hydrogen (secondary N) is 2. The molecule has 0 aliphatic carbocycles. The van der Waals surface area contributed by atoms with Gasteiger partial charge in [-0.05, 0) is 48.7 Å². The number of carbonyl (C=O) groups is 3. The van der Waals surface area contributed by atoms with Gasteiger partial charge in [0, 0.05) is 25.8 Å². The number of carbonyl (C=O) groups excluding carboxylic acids is 1. The molecular weight excluding hydrogens is 374 g/mol. The van der Waals surface area contributed by atoms with Crippen LogP contribution in [0.5, 0.6) is 0 Å². The van der Waals surface area contributed by atoms with E-state index in [0.29, 0.717) is 12.8 Å². The summed E-state index contributed by atoms with van der Waals surface area (Å²) in [4.78, 5) is 36.7. The van der Waals surface area contributed by atoms with Gasteiger partial charge in [-0.1, -0.05) is 19.1 Å². The Hall–Kier alpha value is -3.55. The molecule has 2 aromatic carbocycles. The van der Waals surface area contributed by atoms with Gasteiger partial charge in [0.05, 0.1) is 16.8 Å². The quantitative estimate of drug-likeness (QED) is 0.541. The highest BCUT2D eigenvalue weighted by Crippen LogP contribution is 2.23. The number of benzene rings is 2. The monoisotopic (exact) mass is 399 g/mol. The Morgan fingerprint density at radius 3 is 2.17 bits per heavy atom. The van der Waals surface area contributed by atoms with E-state index in [0.717, 1.165) is 11.3 Å². The van der Waals surface area contributed by atoms with Gasteiger partial charge in [-0.3, -0.25) is 0 Å². The number of hydrogen-bond acceptors (Lipinski definition) is 4. The molecule has 0 aliphatic rings. The lowest BCUT2D eigenvalue weighted by Crippen LogP contribution is -2.39. The fourth-order valence-corrected chi connectivity index (χ4v) is 2.81. The Morgan fingerprint density at radius 2 is 1.66 bits per heavy atom. The van der Waals surface area contributed by atoms with Gasteiger partial charge in [0.25, 0.3) is 0 Å². The van der Waals surface area contributed by atoms with E-state index >= 15 is 0 Å². The van der Waals surface area contributed by atoms with Crippen molar-refractivity contribution in [2.75, 3.05) is 24.3 Å². The predicted octanol–water partition coefficient (Wildman–Crippen LogP) is 3.29. The van der Waals surface area contributed by atoms with E-state index in [1.807, 2.05) is 25.9 Å². The van der Waals surface area contributed by atoms with Crippen molar-refractivity contribution in [1.82, 2.24) is 5.32 Å². The number of aromatic carboxylic acids is 2. The molecule has 0 saturated carbocycles. The number of rotatable bonds is 8. The second-order valence-corrected chi connectivity index (χ2v) is 6.84. The summed E-state index contributed by atoms with van der Waals surface area (Å²) >= 11 is 0. The van der Waals surface area contributed by atoms with Crippen LogP contribution in [0.3, 0.4) is 0 Å². The Labute approximate surface area is 169 Å². The highest BCUT2D eigenvalue weighted by atomic mass is 16.4. The third kappa shape index (κ3) is 5.97. The maximum absolute atomic E-state index is 12.5. The molecule has 0 spiro atoms. The lowest BCUT2D eigenvalue weighted by molar-refractivity contribution is 0.0686. The van der Waals surface area contributed by atoms with E-state index in [4.69, 9.17) is 5.11 Å². The summed E-state index contributed by atoms with van der Waals surface area (Å²) in [6.45, 7) is 1.92. The largest absolute Gasteiger partial charge is 0.478 e.